The molecular weight excluding hydrogens is 254 g/mol. The molecule has 2 aromatic rings. The zero-order valence-electron chi connectivity index (χ0n) is 12.1. The van der Waals surface area contributed by atoms with Crippen LogP contribution in [0.2, 0.25) is 0 Å². The van der Waals surface area contributed by atoms with Gasteiger partial charge >= 0.3 is 0 Å². The van der Waals surface area contributed by atoms with Gasteiger partial charge in [-0.2, -0.15) is 5.10 Å². The number of aromatic nitrogens is 2. The van der Waals surface area contributed by atoms with E-state index in [1.807, 2.05) is 44.2 Å². The van der Waals surface area contributed by atoms with E-state index in [9.17, 15) is 5.11 Å². The van der Waals surface area contributed by atoms with E-state index in [0.717, 1.165) is 5.56 Å². The molecule has 0 aliphatic carbocycles. The molecule has 108 valence electrons. The lowest BCUT2D eigenvalue weighted by Gasteiger charge is -2.29. The molecule has 3 N–H and O–H groups in total. The lowest BCUT2D eigenvalue weighted by molar-refractivity contribution is 0.0755. The lowest BCUT2D eigenvalue weighted by atomic mass is 9.89. The van der Waals surface area contributed by atoms with Gasteiger partial charge in [0.25, 0.3) is 0 Å². The molecule has 1 heterocycles. The van der Waals surface area contributed by atoms with Crippen molar-refractivity contribution in [3.8, 4) is 5.75 Å². The number of aliphatic hydroxyl groups is 1. The van der Waals surface area contributed by atoms with Crippen LogP contribution in [0.3, 0.4) is 0 Å². The Balaban J connectivity index is 2.65. The average Bonchev–Trinajstić information content (AvgIpc) is 2.92. The zero-order chi connectivity index (χ0) is 14.8. The molecule has 0 aliphatic rings. The fraction of sp³-hybridized carbons (Fsp3) is 0.400. The Kier molecular flexibility index (Phi) is 4.11. The number of nitrogens with zero attached hydrogens (tertiary/aromatic N) is 2. The van der Waals surface area contributed by atoms with Crippen LogP contribution >= 0.6 is 0 Å². The third kappa shape index (κ3) is 2.30. The SMILES string of the molecule is COc1cnn(C(C)C)c1C(O)(CN)c1ccccc1. The Morgan fingerprint density at radius 1 is 1.35 bits per heavy atom. The van der Waals surface area contributed by atoms with E-state index in [4.69, 9.17) is 10.5 Å². The molecule has 0 amide bonds. The zero-order valence-corrected chi connectivity index (χ0v) is 12.1. The molecule has 5 heteroatoms. The summed E-state index contributed by atoms with van der Waals surface area (Å²) in [6.07, 6.45) is 1.61. The van der Waals surface area contributed by atoms with Crippen LogP contribution in [0.1, 0.15) is 31.1 Å². The van der Waals surface area contributed by atoms with Gasteiger partial charge in [-0.25, -0.2) is 0 Å². The van der Waals surface area contributed by atoms with Crippen LogP contribution in [0.4, 0.5) is 0 Å². The summed E-state index contributed by atoms with van der Waals surface area (Å²) in [6.45, 7) is 4.04. The van der Waals surface area contributed by atoms with Gasteiger partial charge in [0.2, 0.25) is 0 Å². The maximum absolute atomic E-state index is 11.1. The first kappa shape index (κ1) is 14.6. The summed E-state index contributed by atoms with van der Waals surface area (Å²) in [7, 11) is 1.56. The van der Waals surface area contributed by atoms with Gasteiger partial charge in [-0.05, 0) is 19.4 Å². The highest BCUT2D eigenvalue weighted by atomic mass is 16.5. The number of methoxy groups -OCH3 is 1. The third-order valence-corrected chi connectivity index (χ3v) is 3.41. The normalized spacial score (nSPS) is 14.3. The summed E-state index contributed by atoms with van der Waals surface area (Å²) in [4.78, 5) is 0. The van der Waals surface area contributed by atoms with Gasteiger partial charge in [-0.1, -0.05) is 30.3 Å². The van der Waals surface area contributed by atoms with Crippen LogP contribution in [0.25, 0.3) is 0 Å². The van der Waals surface area contributed by atoms with E-state index in [-0.39, 0.29) is 12.6 Å². The second-order valence-electron chi connectivity index (χ2n) is 5.03. The Morgan fingerprint density at radius 3 is 2.50 bits per heavy atom. The minimum absolute atomic E-state index is 0.0474. The van der Waals surface area contributed by atoms with E-state index in [0.29, 0.717) is 11.4 Å². The van der Waals surface area contributed by atoms with Crippen molar-refractivity contribution >= 4 is 0 Å². The van der Waals surface area contributed by atoms with E-state index >= 15 is 0 Å². The van der Waals surface area contributed by atoms with E-state index in [1.54, 1.807) is 18.0 Å². The monoisotopic (exact) mass is 275 g/mol. The van der Waals surface area contributed by atoms with Crippen molar-refractivity contribution in [1.82, 2.24) is 9.78 Å². The molecule has 0 aliphatic heterocycles. The number of hydrogen-bond acceptors (Lipinski definition) is 4. The summed E-state index contributed by atoms with van der Waals surface area (Å²) < 4.78 is 7.10. The second-order valence-corrected chi connectivity index (χ2v) is 5.03. The summed E-state index contributed by atoms with van der Waals surface area (Å²) >= 11 is 0. The van der Waals surface area contributed by atoms with Gasteiger partial charge in [0, 0.05) is 12.6 Å². The Labute approximate surface area is 119 Å². The van der Waals surface area contributed by atoms with Crippen LogP contribution in [0.5, 0.6) is 5.75 Å². The maximum Gasteiger partial charge on any atom is 0.163 e. The highest BCUT2D eigenvalue weighted by Crippen LogP contribution is 2.36. The van der Waals surface area contributed by atoms with Gasteiger partial charge in [0.1, 0.15) is 11.3 Å². The predicted molar refractivity (Wildman–Crippen MR) is 77.7 cm³/mol. The van der Waals surface area contributed by atoms with Crippen molar-refractivity contribution in [2.24, 2.45) is 5.73 Å². The maximum atomic E-state index is 11.1. The lowest BCUT2D eigenvalue weighted by Crippen LogP contribution is -2.39. The molecule has 1 unspecified atom stereocenters. The highest BCUT2D eigenvalue weighted by molar-refractivity contribution is 5.40. The van der Waals surface area contributed by atoms with Gasteiger partial charge < -0.3 is 15.6 Å². The Morgan fingerprint density at radius 2 is 2.00 bits per heavy atom. The topological polar surface area (TPSA) is 73.3 Å². The van der Waals surface area contributed by atoms with E-state index in [1.165, 1.54) is 0 Å². The first-order valence-electron chi connectivity index (χ1n) is 6.64. The van der Waals surface area contributed by atoms with Crippen LogP contribution in [0.15, 0.2) is 36.5 Å². The fourth-order valence-electron chi connectivity index (χ4n) is 2.35. The Bertz CT molecular complexity index is 566. The molecule has 0 radical (unpaired) electrons. The van der Waals surface area contributed by atoms with Crippen molar-refractivity contribution in [3.63, 3.8) is 0 Å². The Hall–Kier alpha value is -1.85. The quantitative estimate of drug-likeness (QED) is 0.870. The number of ether oxygens (including phenoxy) is 1. The molecule has 1 atom stereocenters. The summed E-state index contributed by atoms with van der Waals surface area (Å²) in [6, 6.07) is 9.44. The molecule has 0 bridgehead atoms. The van der Waals surface area contributed by atoms with Crippen molar-refractivity contribution in [3.05, 3.63) is 47.8 Å². The standard InChI is InChI=1S/C15H21N3O2/c1-11(2)18-14(13(20-3)9-17-18)15(19,10-16)12-7-5-4-6-8-12/h4-9,11,19H,10,16H2,1-3H3. The molecule has 20 heavy (non-hydrogen) atoms. The predicted octanol–water partition coefficient (Wildman–Crippen LogP) is 1.67. The molecule has 1 aromatic carbocycles. The van der Waals surface area contributed by atoms with Crippen LogP contribution in [-0.4, -0.2) is 28.5 Å². The van der Waals surface area contributed by atoms with Crippen molar-refractivity contribution in [2.45, 2.75) is 25.5 Å². The first-order valence-corrected chi connectivity index (χ1v) is 6.64. The number of hydrogen-bond donors (Lipinski definition) is 2. The molecule has 0 spiro atoms. The first-order chi connectivity index (χ1) is 9.54. The molecule has 2 rings (SSSR count). The van der Waals surface area contributed by atoms with Crippen molar-refractivity contribution in [2.75, 3.05) is 13.7 Å². The fourth-order valence-corrected chi connectivity index (χ4v) is 2.35. The summed E-state index contributed by atoms with van der Waals surface area (Å²) in [5.41, 5.74) is 5.86. The number of rotatable bonds is 5. The van der Waals surface area contributed by atoms with Crippen molar-refractivity contribution < 1.29 is 9.84 Å². The molecule has 0 fully saturated rings. The second kappa shape index (κ2) is 5.64. The molecule has 5 nitrogen and oxygen atoms in total. The average molecular weight is 275 g/mol. The van der Waals surface area contributed by atoms with Crippen LogP contribution in [-0.2, 0) is 5.60 Å². The van der Waals surface area contributed by atoms with Gasteiger partial charge in [-0.15, -0.1) is 0 Å². The van der Waals surface area contributed by atoms with Crippen LogP contribution < -0.4 is 10.5 Å². The smallest absolute Gasteiger partial charge is 0.163 e. The number of benzene rings is 1. The third-order valence-electron chi connectivity index (χ3n) is 3.41. The highest BCUT2D eigenvalue weighted by Gasteiger charge is 2.37. The summed E-state index contributed by atoms with van der Waals surface area (Å²) in [5.74, 6) is 0.538. The summed E-state index contributed by atoms with van der Waals surface area (Å²) in [5, 5.41) is 15.4. The van der Waals surface area contributed by atoms with Gasteiger partial charge in [0.05, 0.1) is 13.3 Å². The van der Waals surface area contributed by atoms with Crippen LogP contribution in [0, 0.1) is 0 Å². The molecular formula is C15H21N3O2. The van der Waals surface area contributed by atoms with E-state index in [2.05, 4.69) is 5.10 Å². The van der Waals surface area contributed by atoms with E-state index < -0.39 is 5.60 Å². The van der Waals surface area contributed by atoms with Crippen molar-refractivity contribution in [1.29, 1.82) is 0 Å². The molecule has 1 aromatic heterocycles. The van der Waals surface area contributed by atoms with Gasteiger partial charge in [-0.3, -0.25) is 4.68 Å². The molecule has 0 saturated carbocycles. The van der Waals surface area contributed by atoms with Gasteiger partial charge in [0.15, 0.2) is 5.75 Å². The largest absolute Gasteiger partial charge is 0.493 e. The number of nitrogens with two attached hydrogens (primary N) is 1. The molecule has 0 saturated heterocycles. The minimum Gasteiger partial charge on any atom is -0.493 e. The minimum atomic E-state index is -1.33.